The molecule has 33 heavy (non-hydrogen) atoms. The Balaban J connectivity index is 1.40. The molecule has 0 aliphatic carbocycles. The summed E-state index contributed by atoms with van der Waals surface area (Å²) in [6.45, 7) is 6.17. The average molecular weight is 479 g/mol. The van der Waals surface area contributed by atoms with Crippen molar-refractivity contribution in [3.8, 4) is 5.75 Å². The highest BCUT2D eigenvalue weighted by molar-refractivity contribution is 7.89. The number of amides is 1. The Morgan fingerprint density at radius 3 is 2.39 bits per heavy atom. The maximum Gasteiger partial charge on any atom is 0.242 e. The van der Waals surface area contributed by atoms with Crippen LogP contribution >= 0.6 is 0 Å². The monoisotopic (exact) mass is 478 g/mol. The molecule has 1 heterocycles. The Labute approximate surface area is 195 Å². The molecule has 0 saturated carbocycles. The van der Waals surface area contributed by atoms with Crippen LogP contribution in [0.1, 0.15) is 6.92 Å². The van der Waals surface area contributed by atoms with Crippen molar-refractivity contribution >= 4 is 21.6 Å². The molecule has 0 aromatic heterocycles. The summed E-state index contributed by atoms with van der Waals surface area (Å²) < 4.78 is 44.5. The van der Waals surface area contributed by atoms with E-state index in [-0.39, 0.29) is 22.7 Å². The van der Waals surface area contributed by atoms with Crippen molar-refractivity contribution in [2.45, 2.75) is 17.9 Å². The van der Waals surface area contributed by atoms with Gasteiger partial charge in [-0.3, -0.25) is 14.6 Å². The zero-order valence-electron chi connectivity index (χ0n) is 19.2. The molecule has 1 saturated heterocycles. The highest BCUT2D eigenvalue weighted by Crippen LogP contribution is 2.18. The first-order valence-corrected chi connectivity index (χ1v) is 12.3. The number of halogens is 1. The summed E-state index contributed by atoms with van der Waals surface area (Å²) >= 11 is 0. The number of nitrogens with zero attached hydrogens (tertiary/aromatic N) is 3. The van der Waals surface area contributed by atoms with Crippen LogP contribution < -0.4 is 10.1 Å². The van der Waals surface area contributed by atoms with Crippen molar-refractivity contribution in [3.05, 3.63) is 54.3 Å². The number of hydrogen-bond acceptors (Lipinski definition) is 6. The van der Waals surface area contributed by atoms with Crippen LogP contribution in [0, 0.1) is 5.82 Å². The van der Waals surface area contributed by atoms with Gasteiger partial charge >= 0.3 is 0 Å². The number of carbonyl (C=O) groups is 1. The summed E-state index contributed by atoms with van der Waals surface area (Å²) in [6.07, 6.45) is 0. The second-order valence-electron chi connectivity index (χ2n) is 8.16. The molecule has 1 aliphatic heterocycles. The molecule has 10 heteroatoms. The van der Waals surface area contributed by atoms with Crippen LogP contribution in [-0.4, -0.2) is 87.9 Å². The lowest BCUT2D eigenvalue weighted by atomic mass is 10.2. The zero-order chi connectivity index (χ0) is 24.0. The maximum absolute atomic E-state index is 13.3. The molecule has 1 aliphatic rings. The SMILES string of the molecule is CC(C(=O)Nc1cccc(F)c1)N1CCN(CCOc2ccc(S(=O)(=O)N(C)C)cc2)CC1. The smallest absolute Gasteiger partial charge is 0.242 e. The van der Waals surface area contributed by atoms with Gasteiger partial charge in [-0.2, -0.15) is 0 Å². The summed E-state index contributed by atoms with van der Waals surface area (Å²) in [5.74, 6) is 0.0805. The van der Waals surface area contributed by atoms with Gasteiger partial charge in [-0.25, -0.2) is 17.1 Å². The lowest BCUT2D eigenvalue weighted by molar-refractivity contribution is -0.121. The fourth-order valence-electron chi connectivity index (χ4n) is 3.56. The number of anilines is 1. The molecule has 1 amide bonds. The van der Waals surface area contributed by atoms with Gasteiger partial charge in [0, 0.05) is 52.5 Å². The molecule has 1 atom stereocenters. The molecule has 3 rings (SSSR count). The summed E-state index contributed by atoms with van der Waals surface area (Å²) in [5, 5.41) is 2.77. The Hall–Kier alpha value is -2.53. The molecule has 8 nitrogen and oxygen atoms in total. The van der Waals surface area contributed by atoms with Gasteiger partial charge in [-0.05, 0) is 49.4 Å². The van der Waals surface area contributed by atoms with E-state index in [0.717, 1.165) is 32.7 Å². The molecular weight excluding hydrogens is 447 g/mol. The minimum Gasteiger partial charge on any atom is -0.492 e. The van der Waals surface area contributed by atoms with E-state index in [4.69, 9.17) is 4.74 Å². The van der Waals surface area contributed by atoms with Gasteiger partial charge in [0.25, 0.3) is 0 Å². The van der Waals surface area contributed by atoms with Crippen LogP contribution in [-0.2, 0) is 14.8 Å². The molecule has 180 valence electrons. The van der Waals surface area contributed by atoms with Crippen molar-refractivity contribution < 1.29 is 22.3 Å². The van der Waals surface area contributed by atoms with Gasteiger partial charge in [0.05, 0.1) is 10.9 Å². The third kappa shape index (κ3) is 6.73. The second kappa shape index (κ2) is 11.1. The number of piperazine rings is 1. The van der Waals surface area contributed by atoms with Crippen LogP contribution in [0.5, 0.6) is 5.75 Å². The standard InChI is InChI=1S/C23H31FN4O4S/c1-18(23(29)25-20-6-4-5-19(24)17-20)28-13-11-27(12-14-28)15-16-32-21-7-9-22(10-8-21)33(30,31)26(2)3/h4-10,17-18H,11-16H2,1-3H3,(H,25,29). The highest BCUT2D eigenvalue weighted by atomic mass is 32.2. The largest absolute Gasteiger partial charge is 0.492 e. The minimum absolute atomic E-state index is 0.155. The third-order valence-electron chi connectivity index (χ3n) is 5.70. The molecule has 1 unspecified atom stereocenters. The Bertz CT molecular complexity index is 1040. The summed E-state index contributed by atoms with van der Waals surface area (Å²) in [5.41, 5.74) is 0.454. The molecule has 1 N–H and O–H groups in total. The molecule has 0 bridgehead atoms. The zero-order valence-corrected chi connectivity index (χ0v) is 20.0. The van der Waals surface area contributed by atoms with Crippen molar-refractivity contribution in [2.24, 2.45) is 0 Å². The quantitative estimate of drug-likeness (QED) is 0.595. The van der Waals surface area contributed by atoms with Crippen LogP contribution in [0.2, 0.25) is 0 Å². The number of nitrogens with one attached hydrogen (secondary N) is 1. The maximum atomic E-state index is 13.3. The fraction of sp³-hybridized carbons (Fsp3) is 0.435. The molecule has 2 aromatic carbocycles. The van der Waals surface area contributed by atoms with Crippen molar-refractivity contribution in [3.63, 3.8) is 0 Å². The van der Waals surface area contributed by atoms with Gasteiger partial charge in [-0.15, -0.1) is 0 Å². The van der Waals surface area contributed by atoms with Crippen LogP contribution in [0.25, 0.3) is 0 Å². The topological polar surface area (TPSA) is 82.2 Å². The molecule has 0 spiro atoms. The van der Waals surface area contributed by atoms with E-state index < -0.39 is 10.0 Å². The summed E-state index contributed by atoms with van der Waals surface area (Å²) in [7, 11) is -0.456. The lowest BCUT2D eigenvalue weighted by Gasteiger charge is -2.37. The van der Waals surface area contributed by atoms with Gasteiger partial charge in [0.2, 0.25) is 15.9 Å². The number of ether oxygens (including phenoxy) is 1. The first-order valence-electron chi connectivity index (χ1n) is 10.8. The van der Waals surface area contributed by atoms with E-state index in [9.17, 15) is 17.6 Å². The minimum atomic E-state index is -3.45. The second-order valence-corrected chi connectivity index (χ2v) is 10.3. The summed E-state index contributed by atoms with van der Waals surface area (Å²) in [4.78, 5) is 17.1. The third-order valence-corrected chi connectivity index (χ3v) is 7.53. The summed E-state index contributed by atoms with van der Waals surface area (Å²) in [6, 6.07) is 12.0. The highest BCUT2D eigenvalue weighted by Gasteiger charge is 2.25. The Morgan fingerprint density at radius 2 is 1.79 bits per heavy atom. The predicted octanol–water partition coefficient (Wildman–Crippen LogP) is 2.10. The average Bonchev–Trinajstić information content (AvgIpc) is 2.79. The van der Waals surface area contributed by atoms with Crippen molar-refractivity contribution in [1.29, 1.82) is 0 Å². The van der Waals surface area contributed by atoms with Gasteiger partial charge < -0.3 is 10.1 Å². The molecule has 0 radical (unpaired) electrons. The normalized spacial score (nSPS) is 16.5. The van der Waals surface area contributed by atoms with Crippen LogP contribution in [0.15, 0.2) is 53.4 Å². The van der Waals surface area contributed by atoms with Gasteiger partial charge in [0.1, 0.15) is 18.2 Å². The number of rotatable bonds is 9. The van der Waals surface area contributed by atoms with Crippen molar-refractivity contribution in [1.82, 2.24) is 14.1 Å². The van der Waals surface area contributed by atoms with Gasteiger partial charge in [-0.1, -0.05) is 6.07 Å². The fourth-order valence-corrected chi connectivity index (χ4v) is 4.47. The Morgan fingerprint density at radius 1 is 1.12 bits per heavy atom. The Kier molecular flexibility index (Phi) is 8.41. The molecule has 1 fully saturated rings. The van der Waals surface area contributed by atoms with Crippen molar-refractivity contribution in [2.75, 3.05) is 58.7 Å². The van der Waals surface area contributed by atoms with E-state index in [1.54, 1.807) is 36.4 Å². The molecule has 2 aromatic rings. The number of carbonyl (C=O) groups excluding carboxylic acids is 1. The van der Waals surface area contributed by atoms with E-state index >= 15 is 0 Å². The van der Waals surface area contributed by atoms with E-state index in [1.165, 1.54) is 30.5 Å². The van der Waals surface area contributed by atoms with E-state index in [2.05, 4.69) is 15.1 Å². The number of hydrogen-bond donors (Lipinski definition) is 1. The van der Waals surface area contributed by atoms with Crippen LogP contribution in [0.3, 0.4) is 0 Å². The number of sulfonamides is 1. The van der Waals surface area contributed by atoms with E-state index in [0.29, 0.717) is 18.0 Å². The molecular formula is C23H31FN4O4S. The first kappa shape index (κ1) is 25.1. The number of benzene rings is 2. The van der Waals surface area contributed by atoms with Crippen LogP contribution in [0.4, 0.5) is 10.1 Å². The van der Waals surface area contributed by atoms with Gasteiger partial charge in [0.15, 0.2) is 0 Å². The van der Waals surface area contributed by atoms with E-state index in [1.807, 2.05) is 6.92 Å². The first-order chi connectivity index (χ1) is 15.7. The predicted molar refractivity (Wildman–Crippen MR) is 125 cm³/mol. The lowest BCUT2D eigenvalue weighted by Crippen LogP contribution is -2.53.